The van der Waals surface area contributed by atoms with Crippen LogP contribution in [0.15, 0.2) is 42.5 Å². The number of anilines is 1. The number of rotatable bonds is 10. The molecule has 0 aromatic heterocycles. The second-order valence-corrected chi connectivity index (χ2v) is 10.5. The van der Waals surface area contributed by atoms with Crippen LogP contribution in [-0.2, 0) is 35.3 Å². The van der Waals surface area contributed by atoms with Crippen molar-refractivity contribution in [2.24, 2.45) is 0 Å². The fourth-order valence-electron chi connectivity index (χ4n) is 4.91. The zero-order valence-electron chi connectivity index (χ0n) is 24.1. The molecule has 2 aromatic carbocycles. The summed E-state index contributed by atoms with van der Waals surface area (Å²) in [4.78, 5) is 63.5. The number of alkyl halides is 2. The highest BCUT2D eigenvalue weighted by Gasteiger charge is 2.51. The molecule has 2 heterocycles. The summed E-state index contributed by atoms with van der Waals surface area (Å²) >= 11 is 0. The number of halogens is 2. The number of methoxy groups -OCH3 is 1. The molecule has 236 valence electrons. The van der Waals surface area contributed by atoms with E-state index in [1.54, 1.807) is 24.3 Å². The number of phenolic OH excluding ortho intramolecular Hbond substituents is 1. The molecule has 15 heteroatoms. The van der Waals surface area contributed by atoms with E-state index in [0.717, 1.165) is 11.6 Å². The predicted octanol–water partition coefficient (Wildman–Crippen LogP) is 1.69. The molecule has 0 saturated carbocycles. The van der Waals surface area contributed by atoms with Gasteiger partial charge in [0.25, 0.3) is 11.8 Å². The number of nitrogens with zero attached hydrogens (tertiary/aromatic N) is 1. The first-order valence-electron chi connectivity index (χ1n) is 13.6. The van der Waals surface area contributed by atoms with Crippen molar-refractivity contribution in [1.29, 1.82) is 0 Å². The van der Waals surface area contributed by atoms with Crippen LogP contribution in [0.4, 0.5) is 14.5 Å². The van der Waals surface area contributed by atoms with Gasteiger partial charge in [-0.2, -0.15) is 0 Å². The highest BCUT2D eigenvalue weighted by atomic mass is 19.3. The maximum Gasteiger partial charge on any atom is 0.310 e. The number of carbonyl (C=O) groups excluding carboxylic acids is 5. The molecule has 0 bridgehead atoms. The minimum Gasteiger partial charge on any atom is -0.506 e. The van der Waals surface area contributed by atoms with Crippen molar-refractivity contribution < 1.29 is 52.1 Å². The molecular weight excluding hydrogens is 586 g/mol. The van der Waals surface area contributed by atoms with Crippen molar-refractivity contribution in [2.75, 3.05) is 19.0 Å². The van der Waals surface area contributed by atoms with Gasteiger partial charge in [0.2, 0.25) is 24.0 Å². The fraction of sp³-hybridized carbons (Fsp3) is 0.414. The fourth-order valence-corrected chi connectivity index (χ4v) is 4.91. The Kier molecular flexibility index (Phi) is 9.67. The summed E-state index contributed by atoms with van der Waals surface area (Å²) in [7, 11) is 1.24. The summed E-state index contributed by atoms with van der Waals surface area (Å²) in [6.07, 6.45) is -2.40. The minimum atomic E-state index is -3.40. The summed E-state index contributed by atoms with van der Waals surface area (Å²) in [6.45, 7) is 1.45. The first-order valence-corrected chi connectivity index (χ1v) is 13.6. The van der Waals surface area contributed by atoms with Crippen molar-refractivity contribution in [3.8, 4) is 11.5 Å². The minimum absolute atomic E-state index is 0.0229. The van der Waals surface area contributed by atoms with Gasteiger partial charge < -0.3 is 40.2 Å². The first-order chi connectivity index (χ1) is 20.8. The summed E-state index contributed by atoms with van der Waals surface area (Å²) in [5, 5.41) is 17.5. The Labute approximate surface area is 250 Å². The molecule has 4 N–H and O–H groups in total. The lowest BCUT2D eigenvalue weighted by atomic mass is 10.1. The summed E-state index contributed by atoms with van der Waals surface area (Å²) < 4.78 is 45.1. The molecule has 2 aromatic rings. The smallest absolute Gasteiger partial charge is 0.310 e. The number of hydrogen-bond acceptors (Lipinski definition) is 9. The van der Waals surface area contributed by atoms with E-state index in [9.17, 15) is 37.9 Å². The molecule has 2 aliphatic rings. The molecule has 44 heavy (non-hydrogen) atoms. The van der Waals surface area contributed by atoms with Crippen LogP contribution in [0.5, 0.6) is 11.5 Å². The largest absolute Gasteiger partial charge is 0.506 e. The number of phenols is 1. The molecule has 4 atom stereocenters. The van der Waals surface area contributed by atoms with E-state index in [4.69, 9.17) is 14.2 Å². The van der Waals surface area contributed by atoms with E-state index >= 15 is 0 Å². The quantitative estimate of drug-likeness (QED) is 0.228. The number of cyclic esters (lactones) is 1. The van der Waals surface area contributed by atoms with Crippen molar-refractivity contribution in [3.05, 3.63) is 53.6 Å². The zero-order valence-corrected chi connectivity index (χ0v) is 24.1. The van der Waals surface area contributed by atoms with E-state index < -0.39 is 78.7 Å². The summed E-state index contributed by atoms with van der Waals surface area (Å²) in [5.74, 6) is -7.84. The van der Waals surface area contributed by atoms with Crippen molar-refractivity contribution >= 4 is 35.3 Å². The highest BCUT2D eigenvalue weighted by Crippen LogP contribution is 2.34. The van der Waals surface area contributed by atoms with Gasteiger partial charge in [0.05, 0.1) is 37.9 Å². The summed E-state index contributed by atoms with van der Waals surface area (Å²) in [5.41, 5.74) is 0.553. The number of carbonyl (C=O) groups is 5. The predicted molar refractivity (Wildman–Crippen MR) is 149 cm³/mol. The third kappa shape index (κ3) is 7.58. The van der Waals surface area contributed by atoms with Gasteiger partial charge in [0.15, 0.2) is 0 Å². The number of nitrogens with one attached hydrogen (secondary N) is 3. The van der Waals surface area contributed by atoms with E-state index in [1.807, 2.05) is 6.07 Å². The molecule has 2 fully saturated rings. The van der Waals surface area contributed by atoms with Crippen molar-refractivity contribution in [2.45, 2.75) is 63.6 Å². The molecule has 3 unspecified atom stereocenters. The monoisotopic (exact) mass is 618 g/mol. The Morgan fingerprint density at radius 1 is 1.18 bits per heavy atom. The number of esters is 1. The topological polar surface area (TPSA) is 173 Å². The zero-order chi connectivity index (χ0) is 32.2. The number of benzene rings is 2. The lowest BCUT2D eigenvalue weighted by molar-refractivity contribution is -0.168. The van der Waals surface area contributed by atoms with Gasteiger partial charge in [0, 0.05) is 19.4 Å². The van der Waals surface area contributed by atoms with Crippen LogP contribution in [-0.4, -0.2) is 83.6 Å². The third-order valence-corrected chi connectivity index (χ3v) is 6.99. The van der Waals surface area contributed by atoms with Gasteiger partial charge in [-0.05, 0) is 18.6 Å². The maximum atomic E-state index is 14.5. The van der Waals surface area contributed by atoms with Crippen LogP contribution in [0, 0.1) is 0 Å². The van der Waals surface area contributed by atoms with Crippen LogP contribution < -0.4 is 20.7 Å². The van der Waals surface area contributed by atoms with Gasteiger partial charge >= 0.3 is 5.97 Å². The molecular formula is C29H32F2N4O9. The number of aromatic hydroxyl groups is 1. The first kappa shape index (κ1) is 32.1. The lowest BCUT2D eigenvalue weighted by Gasteiger charge is -2.28. The summed E-state index contributed by atoms with van der Waals surface area (Å²) in [6, 6.07) is 7.20. The van der Waals surface area contributed by atoms with Crippen molar-refractivity contribution in [1.82, 2.24) is 15.5 Å². The molecule has 13 nitrogen and oxygen atoms in total. The van der Waals surface area contributed by atoms with Gasteiger partial charge in [-0.3, -0.25) is 24.0 Å². The second kappa shape index (κ2) is 13.2. The Morgan fingerprint density at radius 2 is 1.89 bits per heavy atom. The number of amides is 4. The average Bonchev–Trinajstić information content (AvgIpc) is 3.49. The Bertz CT molecular complexity index is 1440. The van der Waals surface area contributed by atoms with Crippen LogP contribution in [0.2, 0.25) is 0 Å². The van der Waals surface area contributed by atoms with Crippen LogP contribution >= 0.6 is 0 Å². The van der Waals surface area contributed by atoms with E-state index in [1.165, 1.54) is 27.0 Å². The molecule has 2 saturated heterocycles. The Morgan fingerprint density at radius 3 is 2.55 bits per heavy atom. The SMILES string of the molecule is COc1cc(NC(C)=O)c(O)cc1C(=O)N[C@@H](C)C(=O)N1CC(F)(F)CC1C(=O)NC1CC(=O)OC1OCc1ccccc1. The molecule has 0 aliphatic carbocycles. The van der Waals surface area contributed by atoms with Gasteiger partial charge in [-0.25, -0.2) is 8.78 Å². The normalized spacial score (nSPS) is 21.2. The van der Waals surface area contributed by atoms with E-state index in [2.05, 4.69) is 16.0 Å². The molecule has 4 amide bonds. The highest BCUT2D eigenvalue weighted by molar-refractivity contribution is 6.02. The number of hydrogen-bond donors (Lipinski definition) is 4. The van der Waals surface area contributed by atoms with Gasteiger partial charge in [-0.1, -0.05) is 30.3 Å². The van der Waals surface area contributed by atoms with Crippen LogP contribution in [0.3, 0.4) is 0 Å². The van der Waals surface area contributed by atoms with Gasteiger partial charge in [0.1, 0.15) is 29.6 Å². The van der Waals surface area contributed by atoms with Crippen molar-refractivity contribution in [3.63, 3.8) is 0 Å². The molecule has 4 rings (SSSR count). The number of ether oxygens (including phenoxy) is 3. The average molecular weight is 619 g/mol. The third-order valence-electron chi connectivity index (χ3n) is 6.99. The molecule has 0 spiro atoms. The van der Waals surface area contributed by atoms with Gasteiger partial charge in [-0.15, -0.1) is 0 Å². The van der Waals surface area contributed by atoms with Crippen LogP contribution in [0.1, 0.15) is 42.6 Å². The second-order valence-electron chi connectivity index (χ2n) is 10.5. The van der Waals surface area contributed by atoms with E-state index in [0.29, 0.717) is 4.90 Å². The Hall–Kier alpha value is -4.79. The molecule has 2 aliphatic heterocycles. The Balaban J connectivity index is 1.44. The number of likely N-dealkylation sites (tertiary alicyclic amines) is 1. The molecule has 0 radical (unpaired) electrons. The van der Waals surface area contributed by atoms with E-state index in [-0.39, 0.29) is 30.0 Å². The maximum absolute atomic E-state index is 14.5. The van der Waals surface area contributed by atoms with Crippen LogP contribution in [0.25, 0.3) is 0 Å². The lowest BCUT2D eigenvalue weighted by Crippen LogP contribution is -2.54. The standard InChI is InChI=1S/C29H32F2N4O9/c1-15(32-25(39)18-9-22(37)19(33-16(2)36)10-23(18)42-3)27(41)35-14-29(30,31)12-21(35)26(40)34-20-11-24(38)44-28(20)43-13-17-7-5-4-6-8-17/h4-10,15,20-21,28,37H,11-14H2,1-3H3,(H,32,39)(H,33,36)(H,34,40)/t15-,20?,21?,28?/m0/s1.